The van der Waals surface area contributed by atoms with E-state index >= 15 is 0 Å². The lowest BCUT2D eigenvalue weighted by Crippen LogP contribution is -2.43. The summed E-state index contributed by atoms with van der Waals surface area (Å²) in [6.07, 6.45) is 5.00. The van der Waals surface area contributed by atoms with Crippen molar-refractivity contribution in [1.29, 1.82) is 0 Å². The molecule has 0 bridgehead atoms. The van der Waals surface area contributed by atoms with Crippen LogP contribution in [0, 0.1) is 11.8 Å². The third-order valence-electron chi connectivity index (χ3n) is 4.00. The molecule has 1 saturated carbocycles. The Hall–Kier alpha value is -1.92. The van der Waals surface area contributed by atoms with Crippen LogP contribution in [0.2, 0.25) is 0 Å². The summed E-state index contributed by atoms with van der Waals surface area (Å²) >= 11 is 0. The van der Waals surface area contributed by atoms with Gasteiger partial charge in [-0.2, -0.15) is 5.10 Å². The molecular weight excluding hydrogens is 258 g/mol. The van der Waals surface area contributed by atoms with E-state index in [1.165, 1.54) is 6.33 Å². The van der Waals surface area contributed by atoms with Gasteiger partial charge in [-0.1, -0.05) is 0 Å². The minimum atomic E-state index is 0.00109. The van der Waals surface area contributed by atoms with E-state index in [-0.39, 0.29) is 23.7 Å². The van der Waals surface area contributed by atoms with Crippen molar-refractivity contribution in [2.45, 2.75) is 32.2 Å². The summed E-state index contributed by atoms with van der Waals surface area (Å²) < 4.78 is 0. The number of H-pyrrole nitrogens is 1. The van der Waals surface area contributed by atoms with Crippen LogP contribution in [-0.2, 0) is 16.1 Å². The first-order chi connectivity index (χ1) is 9.74. The fraction of sp³-hybridized carbons (Fsp3) is 0.692. The Labute approximate surface area is 117 Å². The lowest BCUT2D eigenvalue weighted by Gasteiger charge is -2.31. The second-order valence-electron chi connectivity index (χ2n) is 5.52. The first-order valence-corrected chi connectivity index (χ1v) is 7.15. The quantitative estimate of drug-likeness (QED) is 0.814. The summed E-state index contributed by atoms with van der Waals surface area (Å²) in [5.74, 6) is 1.25. The normalized spacial score (nSPS) is 19.9. The zero-order valence-corrected chi connectivity index (χ0v) is 11.3. The van der Waals surface area contributed by atoms with E-state index in [9.17, 15) is 9.59 Å². The predicted molar refractivity (Wildman–Crippen MR) is 70.3 cm³/mol. The maximum atomic E-state index is 12.0. The van der Waals surface area contributed by atoms with Crippen LogP contribution in [0.1, 0.15) is 31.5 Å². The van der Waals surface area contributed by atoms with E-state index < -0.39 is 0 Å². The van der Waals surface area contributed by atoms with Crippen molar-refractivity contribution in [2.24, 2.45) is 11.8 Å². The van der Waals surface area contributed by atoms with Crippen molar-refractivity contribution in [1.82, 2.24) is 25.4 Å². The first-order valence-electron chi connectivity index (χ1n) is 7.15. The monoisotopic (exact) mass is 277 g/mol. The number of aromatic amines is 1. The van der Waals surface area contributed by atoms with Crippen molar-refractivity contribution in [2.75, 3.05) is 13.1 Å². The number of nitrogens with zero attached hydrogens (tertiary/aromatic N) is 3. The van der Waals surface area contributed by atoms with Gasteiger partial charge in [0.05, 0.1) is 6.54 Å². The van der Waals surface area contributed by atoms with Gasteiger partial charge in [0.15, 0.2) is 0 Å². The summed E-state index contributed by atoms with van der Waals surface area (Å²) in [6.45, 7) is 1.78. The van der Waals surface area contributed by atoms with Crippen LogP contribution in [-0.4, -0.2) is 45.0 Å². The molecule has 7 nitrogen and oxygen atoms in total. The molecule has 1 saturated heterocycles. The molecular formula is C13H19N5O2. The predicted octanol–water partition coefficient (Wildman–Crippen LogP) is 0.0695. The molecule has 1 aromatic rings. The Morgan fingerprint density at radius 2 is 2.00 bits per heavy atom. The van der Waals surface area contributed by atoms with Crippen LogP contribution in [0.5, 0.6) is 0 Å². The molecule has 2 aliphatic rings. The van der Waals surface area contributed by atoms with E-state index in [1.54, 1.807) is 0 Å². The molecule has 0 radical (unpaired) electrons. The van der Waals surface area contributed by atoms with E-state index in [0.29, 0.717) is 25.5 Å². The molecule has 1 aliphatic carbocycles. The van der Waals surface area contributed by atoms with E-state index in [1.807, 2.05) is 4.90 Å². The summed E-state index contributed by atoms with van der Waals surface area (Å²) in [5.41, 5.74) is 0. The fourth-order valence-electron chi connectivity index (χ4n) is 2.58. The summed E-state index contributed by atoms with van der Waals surface area (Å²) in [4.78, 5) is 29.8. The fourth-order valence-corrected chi connectivity index (χ4v) is 2.58. The van der Waals surface area contributed by atoms with Crippen LogP contribution in [0.25, 0.3) is 0 Å². The molecule has 1 aromatic heterocycles. The number of aromatic nitrogens is 3. The van der Waals surface area contributed by atoms with Gasteiger partial charge in [0.2, 0.25) is 11.8 Å². The molecule has 2 fully saturated rings. The lowest BCUT2D eigenvalue weighted by atomic mass is 9.95. The summed E-state index contributed by atoms with van der Waals surface area (Å²) in [6, 6.07) is 0. The van der Waals surface area contributed by atoms with Gasteiger partial charge in [0, 0.05) is 24.9 Å². The zero-order valence-electron chi connectivity index (χ0n) is 11.3. The molecule has 3 rings (SSSR count). The van der Waals surface area contributed by atoms with Gasteiger partial charge in [-0.05, 0) is 25.7 Å². The van der Waals surface area contributed by atoms with Crippen molar-refractivity contribution in [3.8, 4) is 0 Å². The van der Waals surface area contributed by atoms with Crippen molar-refractivity contribution in [3.63, 3.8) is 0 Å². The molecule has 2 N–H and O–H groups in total. The molecule has 0 unspecified atom stereocenters. The highest BCUT2D eigenvalue weighted by Crippen LogP contribution is 2.32. The largest absolute Gasteiger partial charge is 0.349 e. The number of hydrogen-bond donors (Lipinski definition) is 2. The second kappa shape index (κ2) is 5.60. The second-order valence-corrected chi connectivity index (χ2v) is 5.52. The highest BCUT2D eigenvalue weighted by molar-refractivity contribution is 5.82. The maximum Gasteiger partial charge on any atom is 0.225 e. The molecule has 108 valence electrons. The minimum Gasteiger partial charge on any atom is -0.349 e. The van der Waals surface area contributed by atoms with Gasteiger partial charge in [0.25, 0.3) is 0 Å². The Bertz CT molecular complexity index is 475. The van der Waals surface area contributed by atoms with Crippen LogP contribution >= 0.6 is 0 Å². The number of carbonyl (C=O) groups excluding carboxylic acids is 2. The van der Waals surface area contributed by atoms with E-state index in [2.05, 4.69) is 20.5 Å². The number of amides is 2. The van der Waals surface area contributed by atoms with Gasteiger partial charge < -0.3 is 10.2 Å². The Morgan fingerprint density at radius 3 is 2.60 bits per heavy atom. The number of nitrogens with one attached hydrogen (secondary N) is 2. The first kappa shape index (κ1) is 13.1. The van der Waals surface area contributed by atoms with Crippen LogP contribution in [0.3, 0.4) is 0 Å². The Morgan fingerprint density at radius 1 is 1.25 bits per heavy atom. The summed E-state index contributed by atoms with van der Waals surface area (Å²) in [5, 5.41) is 9.30. The van der Waals surface area contributed by atoms with Crippen molar-refractivity contribution >= 4 is 11.8 Å². The average Bonchev–Trinajstić information content (AvgIpc) is 3.21. The van der Waals surface area contributed by atoms with Gasteiger partial charge in [0.1, 0.15) is 12.2 Å². The third-order valence-corrected chi connectivity index (χ3v) is 4.00. The standard InChI is InChI=1S/C13H19N5O2/c19-12(14-7-11-15-8-16-17-11)9-3-5-18(6-4-9)13(20)10-1-2-10/h8-10H,1-7H2,(H,14,19)(H,15,16,17). The molecule has 7 heteroatoms. The topological polar surface area (TPSA) is 91.0 Å². The number of piperidine rings is 1. The SMILES string of the molecule is O=C(NCc1ncn[nH]1)C1CCN(C(=O)C2CC2)CC1. The molecule has 0 spiro atoms. The zero-order chi connectivity index (χ0) is 13.9. The highest BCUT2D eigenvalue weighted by atomic mass is 16.2. The molecule has 20 heavy (non-hydrogen) atoms. The van der Waals surface area contributed by atoms with Gasteiger partial charge in [-0.3, -0.25) is 14.7 Å². The minimum absolute atomic E-state index is 0.00109. The molecule has 2 amide bonds. The average molecular weight is 277 g/mol. The van der Waals surface area contributed by atoms with Crippen molar-refractivity contribution < 1.29 is 9.59 Å². The van der Waals surface area contributed by atoms with Crippen molar-refractivity contribution in [3.05, 3.63) is 12.2 Å². The van der Waals surface area contributed by atoms with E-state index in [0.717, 1.165) is 25.7 Å². The molecule has 1 aliphatic heterocycles. The lowest BCUT2D eigenvalue weighted by molar-refractivity contribution is -0.136. The Kier molecular flexibility index (Phi) is 3.66. The van der Waals surface area contributed by atoms with Gasteiger partial charge in [-0.25, -0.2) is 4.98 Å². The van der Waals surface area contributed by atoms with E-state index in [4.69, 9.17) is 0 Å². The van der Waals surface area contributed by atoms with Gasteiger partial charge in [-0.15, -0.1) is 0 Å². The van der Waals surface area contributed by atoms with Crippen LogP contribution in [0.4, 0.5) is 0 Å². The molecule has 0 atom stereocenters. The smallest absolute Gasteiger partial charge is 0.225 e. The maximum absolute atomic E-state index is 12.0. The Balaban J connectivity index is 1.42. The number of likely N-dealkylation sites (tertiary alicyclic amines) is 1. The third kappa shape index (κ3) is 2.97. The summed E-state index contributed by atoms with van der Waals surface area (Å²) in [7, 11) is 0. The highest BCUT2D eigenvalue weighted by Gasteiger charge is 2.35. The number of hydrogen-bond acceptors (Lipinski definition) is 4. The molecule has 0 aromatic carbocycles. The number of carbonyl (C=O) groups is 2. The van der Waals surface area contributed by atoms with Crippen LogP contribution < -0.4 is 5.32 Å². The van der Waals surface area contributed by atoms with Gasteiger partial charge >= 0.3 is 0 Å². The number of rotatable bonds is 4. The van der Waals surface area contributed by atoms with Crippen LogP contribution in [0.15, 0.2) is 6.33 Å². The molecule has 2 heterocycles.